The lowest BCUT2D eigenvalue weighted by atomic mass is 10.1. The van der Waals surface area contributed by atoms with Crippen molar-refractivity contribution in [2.24, 2.45) is 0 Å². The van der Waals surface area contributed by atoms with Gasteiger partial charge in [-0.05, 0) is 18.6 Å². The smallest absolute Gasteiger partial charge is 0.269 e. The normalized spacial score (nSPS) is 14.7. The third-order valence-corrected chi connectivity index (χ3v) is 5.77. The molecule has 4 heterocycles. The minimum Gasteiger partial charge on any atom is -0.368 e. The van der Waals surface area contributed by atoms with Crippen LogP contribution in [0.1, 0.15) is 28.5 Å². The lowest BCUT2D eigenvalue weighted by molar-refractivity contribution is 0.0958. The molecule has 4 rings (SSSR count). The molecule has 0 spiro atoms. The summed E-state index contributed by atoms with van der Waals surface area (Å²) in [6.07, 6.45) is 3.21. The summed E-state index contributed by atoms with van der Waals surface area (Å²) in [4.78, 5) is 38.6. The van der Waals surface area contributed by atoms with Crippen LogP contribution in [0.4, 0.5) is 14.5 Å². The second kappa shape index (κ2) is 8.99. The van der Waals surface area contributed by atoms with Crippen molar-refractivity contribution in [1.29, 1.82) is 0 Å². The molecular formula is C22H24F2N6O2. The van der Waals surface area contributed by atoms with E-state index in [9.17, 15) is 14.0 Å². The number of nitrogens with one attached hydrogen (secondary N) is 2. The fourth-order valence-corrected chi connectivity index (χ4v) is 3.91. The van der Waals surface area contributed by atoms with Crippen molar-refractivity contribution in [2.45, 2.75) is 19.9 Å². The highest BCUT2D eigenvalue weighted by atomic mass is 19.1. The van der Waals surface area contributed by atoms with Crippen LogP contribution in [0.25, 0.3) is 11.0 Å². The third kappa shape index (κ3) is 4.05. The van der Waals surface area contributed by atoms with Gasteiger partial charge in [-0.15, -0.1) is 0 Å². The molecule has 1 fully saturated rings. The van der Waals surface area contributed by atoms with E-state index in [4.69, 9.17) is 0 Å². The number of aromatic nitrogens is 3. The topological polar surface area (TPSA) is 94.2 Å². The molecule has 1 aliphatic rings. The molecule has 2 N–H and O–H groups in total. The molecule has 0 unspecified atom stereocenters. The van der Waals surface area contributed by atoms with Gasteiger partial charge in [0.25, 0.3) is 11.5 Å². The fourth-order valence-electron chi connectivity index (χ4n) is 3.91. The Morgan fingerprint density at radius 2 is 1.88 bits per heavy atom. The largest absolute Gasteiger partial charge is 0.368 e. The number of hydrogen-bond donors (Lipinski definition) is 2. The molecule has 1 aliphatic heterocycles. The molecule has 0 aromatic carbocycles. The molecule has 0 radical (unpaired) electrons. The number of nitrogens with zero attached hydrogens (tertiary/aromatic N) is 4. The summed E-state index contributed by atoms with van der Waals surface area (Å²) < 4.78 is 29.5. The molecule has 0 atom stereocenters. The first-order chi connectivity index (χ1) is 15.4. The number of aromatic amines is 1. The fraction of sp³-hybridized carbons (Fsp3) is 0.364. The van der Waals surface area contributed by atoms with Crippen molar-refractivity contribution in [3.05, 3.63) is 63.3 Å². The zero-order chi connectivity index (χ0) is 22.8. The van der Waals surface area contributed by atoms with E-state index >= 15 is 4.39 Å². The second-order valence-corrected chi connectivity index (χ2v) is 7.67. The van der Waals surface area contributed by atoms with Crippen LogP contribution in [0, 0.1) is 11.6 Å². The Labute approximate surface area is 183 Å². The Morgan fingerprint density at radius 1 is 1.12 bits per heavy atom. The summed E-state index contributed by atoms with van der Waals surface area (Å²) in [6.45, 7) is 4.72. The van der Waals surface area contributed by atoms with Crippen LogP contribution in [0.2, 0.25) is 0 Å². The van der Waals surface area contributed by atoms with Crippen LogP contribution in [-0.2, 0) is 13.0 Å². The van der Waals surface area contributed by atoms with E-state index in [0.29, 0.717) is 44.0 Å². The van der Waals surface area contributed by atoms with Gasteiger partial charge in [-0.3, -0.25) is 19.5 Å². The summed E-state index contributed by atoms with van der Waals surface area (Å²) in [5, 5.41) is 2.54. The van der Waals surface area contributed by atoms with Gasteiger partial charge in [-0.2, -0.15) is 0 Å². The number of amides is 1. The number of rotatable bonds is 5. The van der Waals surface area contributed by atoms with Gasteiger partial charge >= 0.3 is 0 Å². The van der Waals surface area contributed by atoms with E-state index in [0.717, 1.165) is 5.69 Å². The van der Waals surface area contributed by atoms with E-state index in [2.05, 4.69) is 30.1 Å². The first kappa shape index (κ1) is 21.8. The second-order valence-electron chi connectivity index (χ2n) is 7.67. The lowest BCUT2D eigenvalue weighted by Gasteiger charge is -2.36. The average molecular weight is 442 g/mol. The Kier molecular flexibility index (Phi) is 6.13. The van der Waals surface area contributed by atoms with Gasteiger partial charge in [-0.1, -0.05) is 6.92 Å². The molecule has 3 aromatic heterocycles. The summed E-state index contributed by atoms with van der Waals surface area (Å²) in [7, 11) is 1.56. The Morgan fingerprint density at radius 3 is 2.50 bits per heavy atom. The summed E-state index contributed by atoms with van der Waals surface area (Å²) in [6, 6.07) is 3.54. The first-order valence-corrected chi connectivity index (χ1v) is 10.5. The number of hydrogen-bond acceptors (Lipinski definition) is 6. The maximum atomic E-state index is 15.0. The number of carbonyl (C=O) groups excluding carboxylic acids is 1. The molecule has 10 heteroatoms. The molecule has 32 heavy (non-hydrogen) atoms. The predicted molar refractivity (Wildman–Crippen MR) is 117 cm³/mol. The SMILES string of the molecule is CCc1c(F)c2ncc(CN3CCN(c4ccc(C(=O)NC)nc4)CC3)c(F)c2[nH]c1=O. The minimum atomic E-state index is -0.763. The quantitative estimate of drug-likeness (QED) is 0.626. The summed E-state index contributed by atoms with van der Waals surface area (Å²) in [5.74, 6) is -1.65. The van der Waals surface area contributed by atoms with E-state index in [1.54, 1.807) is 26.2 Å². The van der Waals surface area contributed by atoms with Crippen molar-refractivity contribution in [2.75, 3.05) is 38.1 Å². The number of piperazine rings is 1. The van der Waals surface area contributed by atoms with Crippen molar-refractivity contribution in [3.8, 4) is 0 Å². The van der Waals surface area contributed by atoms with Gasteiger partial charge < -0.3 is 15.2 Å². The van der Waals surface area contributed by atoms with Crippen LogP contribution >= 0.6 is 0 Å². The van der Waals surface area contributed by atoms with E-state index in [1.165, 1.54) is 6.20 Å². The average Bonchev–Trinajstić information content (AvgIpc) is 2.81. The molecule has 3 aromatic rings. The number of carbonyl (C=O) groups is 1. The molecule has 1 amide bonds. The van der Waals surface area contributed by atoms with Gasteiger partial charge in [0, 0.05) is 51.5 Å². The minimum absolute atomic E-state index is 0.0221. The van der Waals surface area contributed by atoms with Gasteiger partial charge in [0.2, 0.25) is 0 Å². The van der Waals surface area contributed by atoms with Crippen molar-refractivity contribution >= 4 is 22.6 Å². The number of fused-ring (bicyclic) bond motifs is 1. The van der Waals surface area contributed by atoms with Crippen molar-refractivity contribution in [3.63, 3.8) is 0 Å². The highest BCUT2D eigenvalue weighted by Gasteiger charge is 2.22. The molecule has 168 valence electrons. The Hall–Kier alpha value is -3.40. The molecule has 0 bridgehead atoms. The molecule has 8 nitrogen and oxygen atoms in total. The Bertz CT molecular complexity index is 1200. The van der Waals surface area contributed by atoms with Gasteiger partial charge in [-0.25, -0.2) is 13.8 Å². The van der Waals surface area contributed by atoms with Crippen LogP contribution in [-0.4, -0.2) is 59.0 Å². The highest BCUT2D eigenvalue weighted by Crippen LogP contribution is 2.22. The number of halogens is 2. The summed E-state index contributed by atoms with van der Waals surface area (Å²) in [5.41, 5.74) is 0.585. The van der Waals surface area contributed by atoms with Crippen LogP contribution < -0.4 is 15.8 Å². The number of anilines is 1. The van der Waals surface area contributed by atoms with Crippen LogP contribution in [0.15, 0.2) is 29.3 Å². The van der Waals surface area contributed by atoms with E-state index < -0.39 is 17.2 Å². The molecule has 1 saturated heterocycles. The van der Waals surface area contributed by atoms with E-state index in [-0.39, 0.29) is 28.9 Å². The lowest BCUT2D eigenvalue weighted by Crippen LogP contribution is -2.46. The zero-order valence-corrected chi connectivity index (χ0v) is 17.9. The molecule has 0 saturated carbocycles. The first-order valence-electron chi connectivity index (χ1n) is 10.5. The number of pyridine rings is 3. The maximum Gasteiger partial charge on any atom is 0.269 e. The predicted octanol–water partition coefficient (Wildman–Crippen LogP) is 1.84. The van der Waals surface area contributed by atoms with Crippen molar-refractivity contribution in [1.82, 2.24) is 25.2 Å². The standard InChI is InChI=1S/C22H24F2N6O2/c1-3-15-18(24)19-20(28-21(15)31)17(23)13(10-27-19)12-29-6-8-30(9-7-29)14-4-5-16(26-11-14)22(32)25-2/h4-5,10-11H,3,6-9,12H2,1-2H3,(H,25,32)(H,28,31). The molecular weight excluding hydrogens is 418 g/mol. The third-order valence-electron chi connectivity index (χ3n) is 5.77. The number of H-pyrrole nitrogens is 1. The van der Waals surface area contributed by atoms with Crippen LogP contribution in [0.3, 0.4) is 0 Å². The van der Waals surface area contributed by atoms with Gasteiger partial charge in [0.15, 0.2) is 11.6 Å². The monoisotopic (exact) mass is 442 g/mol. The maximum absolute atomic E-state index is 15.0. The molecule has 0 aliphatic carbocycles. The van der Waals surface area contributed by atoms with Gasteiger partial charge in [0.05, 0.1) is 17.4 Å². The Balaban J connectivity index is 1.45. The van der Waals surface area contributed by atoms with Gasteiger partial charge in [0.1, 0.15) is 16.7 Å². The zero-order valence-electron chi connectivity index (χ0n) is 17.9. The summed E-state index contributed by atoms with van der Waals surface area (Å²) >= 11 is 0. The van der Waals surface area contributed by atoms with Crippen LogP contribution in [0.5, 0.6) is 0 Å². The van der Waals surface area contributed by atoms with E-state index in [1.807, 2.05) is 6.07 Å². The van der Waals surface area contributed by atoms with Crippen molar-refractivity contribution < 1.29 is 13.6 Å². The highest BCUT2D eigenvalue weighted by molar-refractivity contribution is 5.92.